The lowest BCUT2D eigenvalue weighted by Crippen LogP contribution is -2.42. The first-order valence-electron chi connectivity index (χ1n) is 7.13. The molecule has 1 aliphatic heterocycles. The van der Waals surface area contributed by atoms with Crippen molar-refractivity contribution in [2.75, 3.05) is 19.5 Å². The first-order chi connectivity index (χ1) is 10.3. The minimum atomic E-state index is -3.60. The van der Waals surface area contributed by atoms with Gasteiger partial charge < -0.3 is 9.47 Å². The van der Waals surface area contributed by atoms with Crippen molar-refractivity contribution in [3.8, 4) is 5.75 Å². The summed E-state index contributed by atoms with van der Waals surface area (Å²) in [6.07, 6.45) is 0. The Morgan fingerprint density at radius 3 is 2.82 bits per heavy atom. The lowest BCUT2D eigenvalue weighted by molar-refractivity contribution is -0.144. The highest BCUT2D eigenvalue weighted by Gasteiger charge is 2.33. The van der Waals surface area contributed by atoms with E-state index in [1.165, 1.54) is 11.4 Å². The Hall–Kier alpha value is -1.60. The molecule has 0 bridgehead atoms. The number of hydrogen-bond donors (Lipinski definition) is 0. The number of rotatable bonds is 4. The van der Waals surface area contributed by atoms with Crippen LogP contribution in [0.1, 0.15) is 19.4 Å². The van der Waals surface area contributed by atoms with Crippen molar-refractivity contribution in [3.63, 3.8) is 0 Å². The summed E-state index contributed by atoms with van der Waals surface area (Å²) in [5.41, 5.74) is 0.821. The van der Waals surface area contributed by atoms with E-state index in [4.69, 9.17) is 4.74 Å². The van der Waals surface area contributed by atoms with E-state index in [0.29, 0.717) is 5.75 Å². The van der Waals surface area contributed by atoms with Crippen LogP contribution in [0.2, 0.25) is 0 Å². The molecule has 0 saturated carbocycles. The molecule has 1 heterocycles. The molecule has 1 aromatic carbocycles. The third kappa shape index (κ3) is 3.59. The molecule has 0 spiro atoms. The fraction of sp³-hybridized carbons (Fsp3) is 0.533. The molecule has 1 aromatic rings. The van der Waals surface area contributed by atoms with Gasteiger partial charge in [-0.15, -0.1) is 0 Å². The van der Waals surface area contributed by atoms with Gasteiger partial charge in [0.1, 0.15) is 12.4 Å². The summed E-state index contributed by atoms with van der Waals surface area (Å²) in [6.45, 7) is 3.87. The topological polar surface area (TPSA) is 72.9 Å². The molecule has 122 valence electrons. The average molecular weight is 327 g/mol. The number of nitrogens with zero attached hydrogens (tertiary/aromatic N) is 1. The van der Waals surface area contributed by atoms with Gasteiger partial charge in [-0.25, -0.2) is 8.42 Å². The van der Waals surface area contributed by atoms with Crippen LogP contribution < -0.4 is 4.74 Å². The van der Waals surface area contributed by atoms with Gasteiger partial charge in [0.25, 0.3) is 0 Å². The highest BCUT2D eigenvalue weighted by molar-refractivity contribution is 7.89. The Bertz CT molecular complexity index is 643. The van der Waals surface area contributed by atoms with E-state index >= 15 is 0 Å². The monoisotopic (exact) mass is 327 g/mol. The highest BCUT2D eigenvalue weighted by Crippen LogP contribution is 2.27. The summed E-state index contributed by atoms with van der Waals surface area (Å²) in [5.74, 6) is -0.802. The van der Waals surface area contributed by atoms with Crippen molar-refractivity contribution in [1.29, 1.82) is 0 Å². The minimum absolute atomic E-state index is 0.244. The Kier molecular flexibility index (Phi) is 5.08. The van der Waals surface area contributed by atoms with Gasteiger partial charge in [-0.2, -0.15) is 4.31 Å². The number of benzene rings is 1. The SMILES string of the molecule is COC(=O)[C@@H](C)CS(=O)(=O)N1Cc2ccccc2OC[C@@H]1C. The number of esters is 1. The van der Waals surface area contributed by atoms with Crippen LogP contribution in [0, 0.1) is 5.92 Å². The van der Waals surface area contributed by atoms with Gasteiger partial charge in [0.05, 0.1) is 24.8 Å². The normalized spacial score (nSPS) is 20.4. The van der Waals surface area contributed by atoms with E-state index in [-0.39, 0.29) is 24.9 Å². The molecule has 1 aliphatic rings. The first-order valence-corrected chi connectivity index (χ1v) is 8.74. The Balaban J connectivity index is 2.24. The molecule has 0 aromatic heterocycles. The zero-order valence-corrected chi connectivity index (χ0v) is 13.8. The Labute approximate surface area is 131 Å². The van der Waals surface area contributed by atoms with Crippen LogP contribution in [-0.2, 0) is 26.1 Å². The third-order valence-corrected chi connectivity index (χ3v) is 5.82. The predicted molar refractivity (Wildman–Crippen MR) is 81.9 cm³/mol. The van der Waals surface area contributed by atoms with Gasteiger partial charge in [0.2, 0.25) is 10.0 Å². The van der Waals surface area contributed by atoms with E-state index < -0.39 is 21.9 Å². The van der Waals surface area contributed by atoms with Crippen LogP contribution >= 0.6 is 0 Å². The summed E-state index contributed by atoms with van der Waals surface area (Å²) in [6, 6.07) is 7.07. The van der Waals surface area contributed by atoms with Gasteiger partial charge in [-0.3, -0.25) is 4.79 Å². The zero-order valence-electron chi connectivity index (χ0n) is 13.0. The molecule has 22 heavy (non-hydrogen) atoms. The molecule has 0 fully saturated rings. The third-order valence-electron chi connectivity index (χ3n) is 3.69. The second-order valence-electron chi connectivity index (χ2n) is 5.52. The molecule has 2 rings (SSSR count). The van der Waals surface area contributed by atoms with Crippen LogP contribution in [0.5, 0.6) is 5.75 Å². The number of para-hydroxylation sites is 1. The molecule has 0 unspecified atom stereocenters. The van der Waals surface area contributed by atoms with Crippen molar-refractivity contribution >= 4 is 16.0 Å². The second kappa shape index (κ2) is 6.66. The fourth-order valence-corrected chi connectivity index (χ4v) is 4.35. The van der Waals surface area contributed by atoms with E-state index in [1.54, 1.807) is 13.8 Å². The molecule has 7 heteroatoms. The summed E-state index contributed by atoms with van der Waals surface area (Å²) in [7, 11) is -2.35. The number of hydrogen-bond acceptors (Lipinski definition) is 5. The molecular weight excluding hydrogens is 306 g/mol. The van der Waals surface area contributed by atoms with Crippen molar-refractivity contribution in [2.24, 2.45) is 5.92 Å². The fourth-order valence-electron chi connectivity index (χ4n) is 2.45. The largest absolute Gasteiger partial charge is 0.492 e. The molecule has 0 amide bonds. The summed E-state index contributed by atoms with van der Waals surface area (Å²) in [4.78, 5) is 11.5. The zero-order chi connectivity index (χ0) is 16.3. The quantitative estimate of drug-likeness (QED) is 0.782. The Morgan fingerprint density at radius 2 is 2.14 bits per heavy atom. The van der Waals surface area contributed by atoms with Gasteiger partial charge in [-0.05, 0) is 13.0 Å². The summed E-state index contributed by atoms with van der Waals surface area (Å²) in [5, 5.41) is 0. The number of methoxy groups -OCH3 is 1. The maximum Gasteiger partial charge on any atom is 0.309 e. The van der Waals surface area contributed by atoms with Crippen molar-refractivity contribution in [3.05, 3.63) is 29.8 Å². The average Bonchev–Trinajstić information content (AvgIpc) is 2.66. The molecule has 6 nitrogen and oxygen atoms in total. The van der Waals surface area contributed by atoms with Crippen molar-refractivity contribution < 1.29 is 22.7 Å². The van der Waals surface area contributed by atoms with E-state index in [9.17, 15) is 13.2 Å². The van der Waals surface area contributed by atoms with Crippen LogP contribution in [0.15, 0.2) is 24.3 Å². The van der Waals surface area contributed by atoms with E-state index in [2.05, 4.69) is 4.74 Å². The van der Waals surface area contributed by atoms with Crippen LogP contribution in [0.3, 0.4) is 0 Å². The van der Waals surface area contributed by atoms with E-state index in [1.807, 2.05) is 24.3 Å². The van der Waals surface area contributed by atoms with Gasteiger partial charge in [-0.1, -0.05) is 25.1 Å². The number of sulfonamides is 1. The van der Waals surface area contributed by atoms with Gasteiger partial charge >= 0.3 is 5.97 Å². The number of fused-ring (bicyclic) bond motifs is 1. The number of carbonyl (C=O) groups excluding carboxylic acids is 1. The lowest BCUT2D eigenvalue weighted by atomic mass is 10.2. The van der Waals surface area contributed by atoms with Gasteiger partial charge in [0.15, 0.2) is 0 Å². The van der Waals surface area contributed by atoms with Crippen LogP contribution in [0.4, 0.5) is 0 Å². The maximum absolute atomic E-state index is 12.7. The summed E-state index contributed by atoms with van der Waals surface area (Å²) < 4.78 is 37.0. The number of carbonyl (C=O) groups is 1. The molecule has 2 atom stereocenters. The second-order valence-corrected chi connectivity index (χ2v) is 7.48. The highest BCUT2D eigenvalue weighted by atomic mass is 32.2. The van der Waals surface area contributed by atoms with Crippen LogP contribution in [0.25, 0.3) is 0 Å². The number of ether oxygens (including phenoxy) is 2. The smallest absolute Gasteiger partial charge is 0.309 e. The minimum Gasteiger partial charge on any atom is -0.492 e. The van der Waals surface area contributed by atoms with Crippen molar-refractivity contribution in [2.45, 2.75) is 26.4 Å². The standard InChI is InChI=1S/C15H21NO5S/c1-11(15(17)20-3)10-22(18,19)16-8-13-6-4-5-7-14(13)21-9-12(16)2/h4-7,11-12H,8-10H2,1-3H3/t11-,12-/m0/s1. The molecule has 0 N–H and O–H groups in total. The Morgan fingerprint density at radius 1 is 1.45 bits per heavy atom. The van der Waals surface area contributed by atoms with E-state index in [0.717, 1.165) is 5.56 Å². The lowest BCUT2D eigenvalue weighted by Gasteiger charge is -2.26. The van der Waals surface area contributed by atoms with Crippen molar-refractivity contribution in [1.82, 2.24) is 4.31 Å². The molecule has 0 saturated heterocycles. The maximum atomic E-state index is 12.7. The molecule has 0 aliphatic carbocycles. The first kappa shape index (κ1) is 16.8. The van der Waals surface area contributed by atoms with Crippen LogP contribution in [-0.4, -0.2) is 44.2 Å². The molecule has 0 radical (unpaired) electrons. The summed E-state index contributed by atoms with van der Waals surface area (Å²) >= 11 is 0. The van der Waals surface area contributed by atoms with Gasteiger partial charge in [0, 0.05) is 12.1 Å². The molecular formula is C15H21NO5S. The predicted octanol–water partition coefficient (Wildman–Crippen LogP) is 1.41.